The van der Waals surface area contributed by atoms with Crippen LogP contribution in [0.3, 0.4) is 0 Å². The largest absolute Gasteiger partial charge is 0.378 e. The molecule has 2 amide bonds. The number of hydrogen-bond acceptors (Lipinski definition) is 11. The van der Waals surface area contributed by atoms with Crippen LogP contribution in [0.4, 0.5) is 27.8 Å². The van der Waals surface area contributed by atoms with Crippen molar-refractivity contribution in [3.63, 3.8) is 0 Å². The second-order valence-electron chi connectivity index (χ2n) is 9.92. The molecule has 2 aliphatic heterocycles. The average molecular weight is 617 g/mol. The fraction of sp³-hybridized carbons (Fsp3) is 0.300. The van der Waals surface area contributed by atoms with Crippen LogP contribution in [-0.2, 0) is 9.47 Å². The average Bonchev–Trinajstić information content (AvgIpc) is 3.06. The quantitative estimate of drug-likeness (QED) is 0.195. The van der Waals surface area contributed by atoms with E-state index in [0.717, 1.165) is 58.7 Å². The fourth-order valence-corrected chi connectivity index (χ4v) is 5.62. The van der Waals surface area contributed by atoms with Gasteiger partial charge in [0, 0.05) is 61.1 Å². The molecule has 222 valence electrons. The van der Waals surface area contributed by atoms with E-state index in [0.29, 0.717) is 49.5 Å². The first kappa shape index (κ1) is 29.2. The molecule has 2 N–H and O–H groups in total. The molecule has 6 rings (SSSR count). The van der Waals surface area contributed by atoms with Crippen LogP contribution < -0.4 is 20.4 Å². The molecule has 0 saturated carbocycles. The minimum Gasteiger partial charge on any atom is -0.378 e. The number of urea groups is 1. The molecule has 0 atom stereocenters. The second-order valence-corrected chi connectivity index (χ2v) is 11.3. The van der Waals surface area contributed by atoms with E-state index < -0.39 is 0 Å². The summed E-state index contributed by atoms with van der Waals surface area (Å²) in [5.74, 6) is 2.96. The summed E-state index contributed by atoms with van der Waals surface area (Å²) < 4.78 is 11.0. The van der Waals surface area contributed by atoms with Crippen LogP contribution >= 0.6 is 24.4 Å². The number of aromatic nitrogens is 4. The van der Waals surface area contributed by atoms with E-state index >= 15 is 0 Å². The number of hydrogen-bond donors (Lipinski definition) is 3. The molecule has 4 aromatic rings. The van der Waals surface area contributed by atoms with Gasteiger partial charge in [0.1, 0.15) is 11.6 Å². The van der Waals surface area contributed by atoms with Crippen molar-refractivity contribution < 1.29 is 14.3 Å². The van der Waals surface area contributed by atoms with Crippen molar-refractivity contribution in [2.24, 2.45) is 0 Å². The van der Waals surface area contributed by atoms with Crippen LogP contribution in [0.5, 0.6) is 0 Å². The molecule has 0 radical (unpaired) electrons. The Bertz CT molecular complexity index is 1560. The molecule has 11 nitrogen and oxygen atoms in total. The topological polar surface area (TPSA) is 118 Å². The maximum Gasteiger partial charge on any atom is 0.323 e. The summed E-state index contributed by atoms with van der Waals surface area (Å²) in [5.41, 5.74) is 3.01. The lowest BCUT2D eigenvalue weighted by molar-refractivity contribution is 0.122. The Morgan fingerprint density at radius 2 is 1.21 bits per heavy atom. The molecule has 43 heavy (non-hydrogen) atoms. The number of amides is 2. The molecular weight excluding hydrogens is 585 g/mol. The Kier molecular flexibility index (Phi) is 9.22. The molecule has 2 aliphatic rings. The predicted molar refractivity (Wildman–Crippen MR) is 173 cm³/mol. The van der Waals surface area contributed by atoms with E-state index in [1.807, 2.05) is 61.0 Å². The lowest BCUT2D eigenvalue weighted by Crippen LogP contribution is -2.37. The molecule has 0 bridgehead atoms. The van der Waals surface area contributed by atoms with Crippen LogP contribution in [-0.4, -0.2) is 84.8 Å². The number of benzene rings is 2. The molecule has 2 aromatic heterocycles. The number of carbonyl (C=O) groups is 1. The molecule has 2 aromatic carbocycles. The third kappa shape index (κ3) is 7.02. The van der Waals surface area contributed by atoms with Gasteiger partial charge >= 0.3 is 6.03 Å². The lowest BCUT2D eigenvalue weighted by Gasteiger charge is -2.29. The monoisotopic (exact) mass is 616 g/mol. The molecule has 0 unspecified atom stereocenters. The number of carbonyl (C=O) groups excluding carboxylic acids is 1. The van der Waals surface area contributed by atoms with Crippen LogP contribution in [0.15, 0.2) is 70.7 Å². The highest BCUT2D eigenvalue weighted by Gasteiger charge is 2.19. The normalized spacial score (nSPS) is 15.3. The van der Waals surface area contributed by atoms with Crippen molar-refractivity contribution in [2.45, 2.75) is 9.79 Å². The molecule has 2 fully saturated rings. The molecule has 0 aliphatic carbocycles. The van der Waals surface area contributed by atoms with Gasteiger partial charge < -0.3 is 29.9 Å². The highest BCUT2D eigenvalue weighted by atomic mass is 32.2. The summed E-state index contributed by atoms with van der Waals surface area (Å²) in [6.07, 6.45) is 5.61. The first-order chi connectivity index (χ1) is 21.1. The highest BCUT2D eigenvalue weighted by molar-refractivity contribution is 7.98. The van der Waals surface area contributed by atoms with Gasteiger partial charge in [-0.3, -0.25) is 0 Å². The molecule has 0 spiro atoms. The summed E-state index contributed by atoms with van der Waals surface area (Å²) in [6, 6.07) is 14.6. The van der Waals surface area contributed by atoms with Crippen molar-refractivity contribution in [1.82, 2.24) is 19.9 Å². The summed E-state index contributed by atoms with van der Waals surface area (Å²) in [5, 5.41) is 5.76. The smallest absolute Gasteiger partial charge is 0.323 e. The molecule has 13 heteroatoms. The third-order valence-electron chi connectivity index (χ3n) is 7.13. The van der Waals surface area contributed by atoms with Crippen molar-refractivity contribution in [3.8, 4) is 22.8 Å². The molecule has 2 saturated heterocycles. The van der Waals surface area contributed by atoms with Crippen molar-refractivity contribution in [1.29, 1.82) is 0 Å². The van der Waals surface area contributed by atoms with Gasteiger partial charge in [-0.2, -0.15) is 0 Å². The highest BCUT2D eigenvalue weighted by Crippen LogP contribution is 2.30. The predicted octanol–water partition coefficient (Wildman–Crippen LogP) is 4.93. The number of thiol groups is 1. The van der Waals surface area contributed by atoms with Crippen LogP contribution in [0.2, 0.25) is 0 Å². The van der Waals surface area contributed by atoms with E-state index in [9.17, 15) is 4.79 Å². The SMILES string of the molecule is CSc1cnc(-c2ccc(NC(=O)Nc3ccc(-c4ncc(S)c(N5CCOCC5)n4)cc3)cc2)nc1N1CCOCC1. The van der Waals surface area contributed by atoms with Crippen LogP contribution in [0, 0.1) is 0 Å². The van der Waals surface area contributed by atoms with E-state index in [-0.39, 0.29) is 6.03 Å². The minimum atomic E-state index is -0.346. The Morgan fingerprint density at radius 1 is 0.744 bits per heavy atom. The summed E-state index contributed by atoms with van der Waals surface area (Å²) in [7, 11) is 0. The first-order valence-electron chi connectivity index (χ1n) is 14.0. The minimum absolute atomic E-state index is 0.346. The zero-order valence-corrected chi connectivity index (χ0v) is 25.4. The third-order valence-corrected chi connectivity index (χ3v) is 8.17. The number of thioether (sulfide) groups is 1. The Balaban J connectivity index is 1.08. The van der Waals surface area contributed by atoms with Gasteiger partial charge in [0.25, 0.3) is 0 Å². The van der Waals surface area contributed by atoms with Crippen LogP contribution in [0.25, 0.3) is 22.8 Å². The van der Waals surface area contributed by atoms with Gasteiger partial charge in [-0.05, 0) is 54.8 Å². The van der Waals surface area contributed by atoms with Gasteiger partial charge in [-0.15, -0.1) is 24.4 Å². The number of morpholine rings is 2. The van der Waals surface area contributed by atoms with Crippen molar-refractivity contribution in [2.75, 3.05) is 79.3 Å². The maximum atomic E-state index is 12.7. The Morgan fingerprint density at radius 3 is 1.72 bits per heavy atom. The first-order valence-corrected chi connectivity index (χ1v) is 15.7. The van der Waals surface area contributed by atoms with E-state index in [4.69, 9.17) is 19.4 Å². The molecular formula is C30H32N8O3S2. The summed E-state index contributed by atoms with van der Waals surface area (Å²) >= 11 is 6.18. The standard InChI is InChI=1S/C30H32N8O3S2/c1-43-25-19-32-27(36-29(25)38-12-16-41-17-13-38)21-4-8-23(9-5-21)34-30(39)33-22-6-2-20(3-7-22)26-31-18-24(42)28(35-26)37-10-14-40-15-11-37/h2-9,18-19,42H,10-17H2,1H3,(H2,33,34,39). The zero-order valence-electron chi connectivity index (χ0n) is 23.7. The summed E-state index contributed by atoms with van der Waals surface area (Å²) in [6.45, 7) is 5.84. The van der Waals surface area contributed by atoms with Crippen molar-refractivity contribution in [3.05, 3.63) is 60.9 Å². The second kappa shape index (κ2) is 13.6. The molecule has 4 heterocycles. The van der Waals surface area contributed by atoms with Gasteiger partial charge in [-0.25, -0.2) is 24.7 Å². The van der Waals surface area contributed by atoms with Gasteiger partial charge in [0.2, 0.25) is 0 Å². The van der Waals surface area contributed by atoms with Crippen LogP contribution in [0.1, 0.15) is 0 Å². The van der Waals surface area contributed by atoms with Crippen molar-refractivity contribution >= 4 is 53.4 Å². The number of rotatable bonds is 7. The Labute approximate surface area is 259 Å². The van der Waals surface area contributed by atoms with E-state index in [1.54, 1.807) is 18.0 Å². The maximum absolute atomic E-state index is 12.7. The zero-order chi connectivity index (χ0) is 29.6. The number of nitrogens with one attached hydrogen (secondary N) is 2. The lowest BCUT2D eigenvalue weighted by atomic mass is 10.2. The summed E-state index contributed by atoms with van der Waals surface area (Å²) in [4.78, 5) is 37.5. The number of ether oxygens (including phenoxy) is 2. The van der Waals surface area contributed by atoms with E-state index in [1.165, 1.54) is 0 Å². The number of nitrogens with zero attached hydrogens (tertiary/aromatic N) is 6. The number of anilines is 4. The fourth-order valence-electron chi connectivity index (χ4n) is 4.86. The van der Waals surface area contributed by atoms with Gasteiger partial charge in [0.15, 0.2) is 11.6 Å². The van der Waals surface area contributed by atoms with Gasteiger partial charge in [-0.1, -0.05) is 0 Å². The van der Waals surface area contributed by atoms with E-state index in [2.05, 4.69) is 43.0 Å². The Hall–Kier alpha value is -3.91. The van der Waals surface area contributed by atoms with Gasteiger partial charge in [0.05, 0.1) is 36.2 Å².